The number of halogens is 1. The van der Waals surface area contributed by atoms with Crippen LogP contribution in [-0.4, -0.2) is 9.82 Å². The van der Waals surface area contributed by atoms with Gasteiger partial charge in [0, 0.05) is 28.9 Å². The van der Waals surface area contributed by atoms with Crippen molar-refractivity contribution in [3.8, 4) is 0 Å². The highest BCUT2D eigenvalue weighted by Gasteiger charge is 2.11. The zero-order chi connectivity index (χ0) is 13.3. The summed E-state index contributed by atoms with van der Waals surface area (Å²) in [5.41, 5.74) is 2.36. The largest absolute Gasteiger partial charge is 0.345 e. The average Bonchev–Trinajstić information content (AvgIpc) is 2.64. The maximum Gasteiger partial charge on any atom is 0.123 e. The van der Waals surface area contributed by atoms with Gasteiger partial charge in [-0.1, -0.05) is 13.8 Å². The van der Waals surface area contributed by atoms with Crippen molar-refractivity contribution >= 4 is 22.7 Å². The van der Waals surface area contributed by atoms with E-state index in [0.717, 1.165) is 16.7 Å². The highest BCUT2D eigenvalue weighted by molar-refractivity contribution is 7.99. The number of rotatable bonds is 4. The Morgan fingerprint density at radius 1 is 1.22 bits per heavy atom. The third-order valence-corrected chi connectivity index (χ3v) is 4.15. The summed E-state index contributed by atoms with van der Waals surface area (Å²) in [5.74, 6) is 0.789. The molecular weight excluding hydrogens is 245 g/mol. The molecule has 1 aromatic heterocycles. The van der Waals surface area contributed by atoms with Crippen molar-refractivity contribution in [1.29, 1.82) is 0 Å². The van der Waals surface area contributed by atoms with Gasteiger partial charge in [0.15, 0.2) is 0 Å². The molecule has 0 saturated carbocycles. The van der Waals surface area contributed by atoms with Crippen molar-refractivity contribution in [3.63, 3.8) is 0 Å². The van der Waals surface area contributed by atoms with E-state index >= 15 is 0 Å². The van der Waals surface area contributed by atoms with Crippen molar-refractivity contribution in [3.05, 3.63) is 35.8 Å². The fourth-order valence-corrected chi connectivity index (χ4v) is 2.84. The Labute approximate surface area is 112 Å². The van der Waals surface area contributed by atoms with Gasteiger partial charge in [0.25, 0.3) is 0 Å². The number of benzene rings is 1. The molecule has 3 heteroatoms. The SMILES string of the molecule is CC(C)SCc1cn(C(C)C)c2ccc(F)cc12. The second-order valence-corrected chi connectivity index (χ2v) is 6.74. The summed E-state index contributed by atoms with van der Waals surface area (Å²) in [7, 11) is 0. The van der Waals surface area contributed by atoms with Crippen molar-refractivity contribution in [1.82, 2.24) is 4.57 Å². The van der Waals surface area contributed by atoms with Crippen LogP contribution in [0.1, 0.15) is 39.3 Å². The molecule has 0 aliphatic rings. The molecule has 1 aromatic carbocycles. The maximum atomic E-state index is 13.4. The number of fused-ring (bicyclic) bond motifs is 1. The van der Waals surface area contributed by atoms with Crippen molar-refractivity contribution in [2.45, 2.75) is 44.7 Å². The lowest BCUT2D eigenvalue weighted by Gasteiger charge is -2.08. The first kappa shape index (κ1) is 13.5. The predicted molar refractivity (Wildman–Crippen MR) is 78.7 cm³/mol. The molecule has 18 heavy (non-hydrogen) atoms. The summed E-state index contributed by atoms with van der Waals surface area (Å²) < 4.78 is 15.6. The monoisotopic (exact) mass is 265 g/mol. The molecule has 1 nitrogen and oxygen atoms in total. The molecule has 0 aliphatic carbocycles. The minimum absolute atomic E-state index is 0.153. The van der Waals surface area contributed by atoms with E-state index in [-0.39, 0.29) is 5.82 Å². The lowest BCUT2D eigenvalue weighted by atomic mass is 10.2. The van der Waals surface area contributed by atoms with E-state index in [1.165, 1.54) is 5.56 Å². The van der Waals surface area contributed by atoms with Crippen molar-refractivity contribution in [2.75, 3.05) is 0 Å². The third-order valence-electron chi connectivity index (χ3n) is 3.01. The number of thioether (sulfide) groups is 1. The molecule has 98 valence electrons. The fraction of sp³-hybridized carbons (Fsp3) is 0.467. The normalized spacial score (nSPS) is 11.9. The molecular formula is C15H20FNS. The van der Waals surface area contributed by atoms with Crippen LogP contribution in [0.3, 0.4) is 0 Å². The van der Waals surface area contributed by atoms with Gasteiger partial charge in [-0.2, -0.15) is 11.8 Å². The Morgan fingerprint density at radius 3 is 2.56 bits per heavy atom. The van der Waals surface area contributed by atoms with Gasteiger partial charge < -0.3 is 4.57 Å². The number of nitrogens with zero attached hydrogens (tertiary/aromatic N) is 1. The molecule has 0 radical (unpaired) electrons. The Kier molecular flexibility index (Phi) is 4.00. The van der Waals surface area contributed by atoms with Crippen LogP contribution < -0.4 is 0 Å². The molecule has 2 rings (SSSR count). The van der Waals surface area contributed by atoms with Gasteiger partial charge in [0.1, 0.15) is 5.82 Å². The van der Waals surface area contributed by atoms with E-state index in [4.69, 9.17) is 0 Å². The first-order valence-corrected chi connectivity index (χ1v) is 7.44. The maximum absolute atomic E-state index is 13.4. The summed E-state index contributed by atoms with van der Waals surface area (Å²) in [6.07, 6.45) is 2.17. The summed E-state index contributed by atoms with van der Waals surface area (Å²) in [6, 6.07) is 5.48. The summed E-state index contributed by atoms with van der Waals surface area (Å²) >= 11 is 1.89. The molecule has 0 atom stereocenters. The highest BCUT2D eigenvalue weighted by atomic mass is 32.2. The van der Waals surface area contributed by atoms with Gasteiger partial charge in [-0.05, 0) is 42.9 Å². The second-order valence-electron chi connectivity index (χ2n) is 5.18. The molecule has 1 heterocycles. The molecule has 0 amide bonds. The van der Waals surface area contributed by atoms with E-state index in [1.54, 1.807) is 12.1 Å². The Morgan fingerprint density at radius 2 is 1.94 bits per heavy atom. The Hall–Kier alpha value is -0.960. The second kappa shape index (κ2) is 5.35. The van der Waals surface area contributed by atoms with Gasteiger partial charge in [0.05, 0.1) is 0 Å². The van der Waals surface area contributed by atoms with Crippen molar-refractivity contribution in [2.24, 2.45) is 0 Å². The summed E-state index contributed by atoms with van der Waals surface area (Å²) in [5, 5.41) is 1.65. The topological polar surface area (TPSA) is 4.93 Å². The molecule has 0 aliphatic heterocycles. The van der Waals surface area contributed by atoms with Crippen LogP contribution in [0.15, 0.2) is 24.4 Å². The molecule has 0 bridgehead atoms. The van der Waals surface area contributed by atoms with Gasteiger partial charge in [-0.15, -0.1) is 0 Å². The Bertz CT molecular complexity index is 543. The van der Waals surface area contributed by atoms with E-state index in [2.05, 4.69) is 38.5 Å². The van der Waals surface area contributed by atoms with Crippen molar-refractivity contribution < 1.29 is 4.39 Å². The standard InChI is InChI=1S/C15H20FNS/c1-10(2)17-8-12(9-18-11(3)4)14-7-13(16)5-6-15(14)17/h5-8,10-11H,9H2,1-4H3. The van der Waals surface area contributed by atoms with E-state index < -0.39 is 0 Å². The number of hydrogen-bond donors (Lipinski definition) is 0. The quantitative estimate of drug-likeness (QED) is 0.753. The van der Waals surface area contributed by atoms with Crippen LogP contribution in [-0.2, 0) is 5.75 Å². The minimum atomic E-state index is -0.153. The molecule has 0 fully saturated rings. The Balaban J connectivity index is 2.48. The summed E-state index contributed by atoms with van der Waals surface area (Å²) in [4.78, 5) is 0. The first-order chi connectivity index (χ1) is 8.49. The molecule has 0 unspecified atom stereocenters. The van der Waals surface area contributed by atoms with E-state index in [1.807, 2.05) is 17.8 Å². The molecule has 0 N–H and O–H groups in total. The van der Waals surface area contributed by atoms with Crippen LogP contribution in [0, 0.1) is 5.82 Å². The minimum Gasteiger partial charge on any atom is -0.345 e. The van der Waals surface area contributed by atoms with Gasteiger partial charge in [-0.3, -0.25) is 0 Å². The van der Waals surface area contributed by atoms with Gasteiger partial charge >= 0.3 is 0 Å². The predicted octanol–water partition coefficient (Wildman–Crippen LogP) is 5.00. The van der Waals surface area contributed by atoms with Crippen LogP contribution >= 0.6 is 11.8 Å². The van der Waals surface area contributed by atoms with Crippen LogP contribution in [0.25, 0.3) is 10.9 Å². The number of hydrogen-bond acceptors (Lipinski definition) is 1. The van der Waals surface area contributed by atoms with E-state index in [0.29, 0.717) is 11.3 Å². The van der Waals surface area contributed by atoms with Crippen LogP contribution in [0.4, 0.5) is 4.39 Å². The zero-order valence-corrected chi connectivity index (χ0v) is 12.2. The summed E-state index contributed by atoms with van der Waals surface area (Å²) in [6.45, 7) is 8.68. The van der Waals surface area contributed by atoms with Crippen LogP contribution in [0.5, 0.6) is 0 Å². The lowest BCUT2D eigenvalue weighted by molar-refractivity contribution is 0.618. The number of aromatic nitrogens is 1. The fourth-order valence-electron chi connectivity index (χ4n) is 2.10. The van der Waals surface area contributed by atoms with E-state index in [9.17, 15) is 4.39 Å². The molecule has 0 spiro atoms. The van der Waals surface area contributed by atoms with Gasteiger partial charge in [-0.25, -0.2) is 4.39 Å². The lowest BCUT2D eigenvalue weighted by Crippen LogP contribution is -1.97. The van der Waals surface area contributed by atoms with Gasteiger partial charge in [0.2, 0.25) is 0 Å². The first-order valence-electron chi connectivity index (χ1n) is 6.39. The average molecular weight is 265 g/mol. The van der Waals surface area contributed by atoms with Crippen LogP contribution in [0.2, 0.25) is 0 Å². The third kappa shape index (κ3) is 2.72. The zero-order valence-electron chi connectivity index (χ0n) is 11.4. The smallest absolute Gasteiger partial charge is 0.123 e. The molecule has 0 saturated heterocycles. The highest BCUT2D eigenvalue weighted by Crippen LogP contribution is 2.29. The molecule has 2 aromatic rings.